The summed E-state index contributed by atoms with van der Waals surface area (Å²) in [5, 5.41) is 3.23. The zero-order chi connectivity index (χ0) is 19.1. The van der Waals surface area contributed by atoms with Crippen molar-refractivity contribution < 1.29 is 19.0 Å². The second-order valence-electron chi connectivity index (χ2n) is 5.49. The molecule has 2 rings (SSSR count). The SMILES string of the molecule is CCOc1c(Cl)cc(/C=C/C(=O)Nc2cc(C)ccc2OC)cc1OC. The summed E-state index contributed by atoms with van der Waals surface area (Å²) >= 11 is 6.24. The van der Waals surface area contributed by atoms with Gasteiger partial charge in [-0.3, -0.25) is 4.79 Å². The molecule has 0 saturated carbocycles. The Kier molecular flexibility index (Phi) is 6.92. The van der Waals surface area contributed by atoms with E-state index >= 15 is 0 Å². The molecular formula is C20H22ClNO4. The fourth-order valence-electron chi connectivity index (χ4n) is 2.39. The van der Waals surface area contributed by atoms with Gasteiger partial charge in [0.15, 0.2) is 11.5 Å². The number of amides is 1. The topological polar surface area (TPSA) is 56.8 Å². The lowest BCUT2D eigenvalue weighted by atomic mass is 10.1. The molecule has 0 spiro atoms. The average Bonchev–Trinajstić information content (AvgIpc) is 2.62. The van der Waals surface area contributed by atoms with Crippen LogP contribution in [-0.2, 0) is 4.79 Å². The third-order valence-electron chi connectivity index (χ3n) is 3.58. The van der Waals surface area contributed by atoms with Crippen molar-refractivity contribution in [2.45, 2.75) is 13.8 Å². The van der Waals surface area contributed by atoms with E-state index in [2.05, 4.69) is 5.32 Å². The zero-order valence-corrected chi connectivity index (χ0v) is 16.0. The van der Waals surface area contributed by atoms with E-state index in [1.54, 1.807) is 32.4 Å². The molecule has 1 N–H and O–H groups in total. The quantitative estimate of drug-likeness (QED) is 0.711. The highest BCUT2D eigenvalue weighted by atomic mass is 35.5. The summed E-state index contributed by atoms with van der Waals surface area (Å²) in [6.45, 7) is 4.29. The van der Waals surface area contributed by atoms with Crippen LogP contribution in [0.25, 0.3) is 6.08 Å². The number of halogens is 1. The zero-order valence-electron chi connectivity index (χ0n) is 15.3. The molecule has 0 bridgehead atoms. The maximum Gasteiger partial charge on any atom is 0.248 e. The lowest BCUT2D eigenvalue weighted by Crippen LogP contribution is -2.09. The summed E-state index contributed by atoms with van der Waals surface area (Å²) < 4.78 is 16.0. The Hall–Kier alpha value is -2.66. The molecule has 138 valence electrons. The highest BCUT2D eigenvalue weighted by Crippen LogP contribution is 2.36. The Morgan fingerprint density at radius 1 is 1.15 bits per heavy atom. The number of aryl methyl sites for hydroxylation is 1. The van der Waals surface area contributed by atoms with Crippen molar-refractivity contribution in [1.29, 1.82) is 0 Å². The van der Waals surface area contributed by atoms with E-state index < -0.39 is 0 Å². The highest BCUT2D eigenvalue weighted by molar-refractivity contribution is 6.32. The minimum Gasteiger partial charge on any atom is -0.495 e. The first kappa shape index (κ1) is 19.7. The van der Waals surface area contributed by atoms with E-state index in [1.807, 2.05) is 32.0 Å². The van der Waals surface area contributed by atoms with Gasteiger partial charge in [-0.1, -0.05) is 17.7 Å². The Morgan fingerprint density at radius 2 is 1.88 bits per heavy atom. The Morgan fingerprint density at radius 3 is 2.54 bits per heavy atom. The normalized spacial score (nSPS) is 10.7. The highest BCUT2D eigenvalue weighted by Gasteiger charge is 2.11. The van der Waals surface area contributed by atoms with Crippen molar-refractivity contribution in [1.82, 2.24) is 0 Å². The standard InChI is InChI=1S/C20H22ClNO4/c1-5-26-20-15(21)11-14(12-18(20)25-4)7-9-19(23)22-16-10-13(2)6-8-17(16)24-3/h6-12H,5H2,1-4H3,(H,22,23)/b9-7+. The second kappa shape index (κ2) is 9.15. The van der Waals surface area contributed by atoms with E-state index in [0.717, 1.165) is 11.1 Å². The van der Waals surface area contributed by atoms with Crippen LogP contribution in [0.4, 0.5) is 5.69 Å². The monoisotopic (exact) mass is 375 g/mol. The van der Waals surface area contributed by atoms with Gasteiger partial charge in [0.1, 0.15) is 5.75 Å². The first-order valence-corrected chi connectivity index (χ1v) is 8.50. The van der Waals surface area contributed by atoms with Crippen LogP contribution in [0.2, 0.25) is 5.02 Å². The number of rotatable bonds is 7. The molecule has 5 nitrogen and oxygen atoms in total. The first-order chi connectivity index (χ1) is 12.5. The van der Waals surface area contributed by atoms with Crippen LogP contribution >= 0.6 is 11.6 Å². The molecule has 1 amide bonds. The average molecular weight is 376 g/mol. The van der Waals surface area contributed by atoms with Gasteiger partial charge < -0.3 is 19.5 Å². The predicted octanol–water partition coefficient (Wildman–Crippen LogP) is 4.72. The molecule has 6 heteroatoms. The number of anilines is 1. The molecule has 2 aromatic carbocycles. The van der Waals surface area contributed by atoms with Gasteiger partial charge >= 0.3 is 0 Å². The van der Waals surface area contributed by atoms with E-state index in [4.69, 9.17) is 25.8 Å². The minimum atomic E-state index is -0.280. The number of hydrogen-bond donors (Lipinski definition) is 1. The number of benzene rings is 2. The van der Waals surface area contributed by atoms with Crippen molar-refractivity contribution in [3.8, 4) is 17.2 Å². The van der Waals surface area contributed by atoms with Crippen molar-refractivity contribution >= 4 is 29.3 Å². The first-order valence-electron chi connectivity index (χ1n) is 8.12. The smallest absolute Gasteiger partial charge is 0.248 e. The number of hydrogen-bond acceptors (Lipinski definition) is 4. The fraction of sp³-hybridized carbons (Fsp3) is 0.250. The Balaban J connectivity index is 2.18. The Bertz CT molecular complexity index is 818. The van der Waals surface area contributed by atoms with Crippen molar-refractivity contribution in [2.75, 3.05) is 26.1 Å². The maximum atomic E-state index is 12.2. The Labute approximate surface area is 158 Å². The number of ether oxygens (including phenoxy) is 3. The molecule has 2 aromatic rings. The van der Waals surface area contributed by atoms with E-state index in [9.17, 15) is 4.79 Å². The third kappa shape index (κ3) is 4.92. The van der Waals surface area contributed by atoms with Gasteiger partial charge in [0.05, 0.1) is 31.5 Å². The van der Waals surface area contributed by atoms with Crippen LogP contribution < -0.4 is 19.5 Å². The molecule has 26 heavy (non-hydrogen) atoms. The summed E-state index contributed by atoms with van der Waals surface area (Å²) in [6.07, 6.45) is 3.08. The predicted molar refractivity (Wildman–Crippen MR) is 105 cm³/mol. The summed E-state index contributed by atoms with van der Waals surface area (Å²) in [4.78, 5) is 12.2. The third-order valence-corrected chi connectivity index (χ3v) is 3.86. The fourth-order valence-corrected chi connectivity index (χ4v) is 2.66. The molecule has 0 atom stereocenters. The lowest BCUT2D eigenvalue weighted by Gasteiger charge is -2.12. The summed E-state index contributed by atoms with van der Waals surface area (Å²) in [6, 6.07) is 9.05. The largest absolute Gasteiger partial charge is 0.495 e. The van der Waals surface area contributed by atoms with Gasteiger partial charge in [-0.25, -0.2) is 0 Å². The number of nitrogens with one attached hydrogen (secondary N) is 1. The van der Waals surface area contributed by atoms with Gasteiger partial charge in [-0.15, -0.1) is 0 Å². The van der Waals surface area contributed by atoms with Gasteiger partial charge in [0.2, 0.25) is 5.91 Å². The van der Waals surface area contributed by atoms with Crippen molar-refractivity contribution in [3.05, 3.63) is 52.6 Å². The molecule has 0 fully saturated rings. The van der Waals surface area contributed by atoms with E-state index in [0.29, 0.717) is 34.6 Å². The molecule has 0 heterocycles. The molecule has 0 aliphatic carbocycles. The van der Waals surface area contributed by atoms with Gasteiger partial charge in [-0.2, -0.15) is 0 Å². The van der Waals surface area contributed by atoms with Gasteiger partial charge in [-0.05, 0) is 55.3 Å². The summed E-state index contributed by atoms with van der Waals surface area (Å²) in [5.74, 6) is 1.32. The number of carbonyl (C=O) groups excluding carboxylic acids is 1. The van der Waals surface area contributed by atoms with Crippen LogP contribution in [0, 0.1) is 6.92 Å². The van der Waals surface area contributed by atoms with Crippen LogP contribution in [0.15, 0.2) is 36.4 Å². The van der Waals surface area contributed by atoms with Crippen LogP contribution in [-0.4, -0.2) is 26.7 Å². The molecular weight excluding hydrogens is 354 g/mol. The van der Waals surface area contributed by atoms with E-state index in [-0.39, 0.29) is 5.91 Å². The summed E-state index contributed by atoms with van der Waals surface area (Å²) in [5.41, 5.74) is 2.36. The molecule has 0 radical (unpaired) electrons. The van der Waals surface area contributed by atoms with Crippen molar-refractivity contribution in [2.24, 2.45) is 0 Å². The van der Waals surface area contributed by atoms with Gasteiger partial charge in [0, 0.05) is 6.08 Å². The number of carbonyl (C=O) groups is 1. The molecule has 0 aliphatic rings. The van der Waals surface area contributed by atoms with Crippen LogP contribution in [0.5, 0.6) is 17.2 Å². The number of methoxy groups -OCH3 is 2. The van der Waals surface area contributed by atoms with Crippen LogP contribution in [0.1, 0.15) is 18.1 Å². The molecule has 0 aliphatic heterocycles. The summed E-state index contributed by atoms with van der Waals surface area (Å²) in [7, 11) is 3.10. The second-order valence-corrected chi connectivity index (χ2v) is 5.90. The molecule has 0 saturated heterocycles. The van der Waals surface area contributed by atoms with Crippen molar-refractivity contribution in [3.63, 3.8) is 0 Å². The maximum absolute atomic E-state index is 12.2. The van der Waals surface area contributed by atoms with Crippen LogP contribution in [0.3, 0.4) is 0 Å². The minimum absolute atomic E-state index is 0.280. The lowest BCUT2D eigenvalue weighted by molar-refractivity contribution is -0.111. The van der Waals surface area contributed by atoms with E-state index in [1.165, 1.54) is 6.08 Å². The molecule has 0 aromatic heterocycles. The van der Waals surface area contributed by atoms with Gasteiger partial charge in [0.25, 0.3) is 0 Å². The molecule has 0 unspecified atom stereocenters.